The summed E-state index contributed by atoms with van der Waals surface area (Å²) in [5.74, 6) is 0.0546. The van der Waals surface area contributed by atoms with Crippen molar-refractivity contribution in [1.82, 2.24) is 0 Å². The van der Waals surface area contributed by atoms with Crippen molar-refractivity contribution >= 4 is 40.6 Å². The predicted molar refractivity (Wildman–Crippen MR) is 106 cm³/mol. The third-order valence-corrected chi connectivity index (χ3v) is 4.34. The molecule has 0 bridgehead atoms. The number of nitrogens with one attached hydrogen (secondary N) is 1. The van der Waals surface area contributed by atoms with Crippen molar-refractivity contribution in [2.24, 2.45) is 0 Å². The lowest BCUT2D eigenvalue weighted by Crippen LogP contribution is -2.34. The Bertz CT molecular complexity index is 917. The second kappa shape index (κ2) is 8.13. The van der Waals surface area contributed by atoms with Crippen LogP contribution in [0.15, 0.2) is 72.8 Å². The van der Waals surface area contributed by atoms with Crippen LogP contribution < -0.4 is 10.2 Å². The molecule has 0 aromatic heterocycles. The Morgan fingerprint density at radius 3 is 2.38 bits per heavy atom. The number of anilines is 2. The smallest absolute Gasteiger partial charge is 0.326 e. The van der Waals surface area contributed by atoms with Gasteiger partial charge in [-0.1, -0.05) is 53.5 Å². The highest BCUT2D eigenvalue weighted by atomic mass is 35.5. The summed E-state index contributed by atoms with van der Waals surface area (Å²) < 4.78 is 0. The molecule has 0 fully saturated rings. The lowest BCUT2D eigenvalue weighted by molar-refractivity contribution is 0.256. The normalized spacial score (nSPS) is 10.4. The number of nitrogens with zero attached hydrogens (tertiary/aromatic N) is 1. The molecule has 0 unspecified atom stereocenters. The summed E-state index contributed by atoms with van der Waals surface area (Å²) in [7, 11) is 0. The third kappa shape index (κ3) is 4.28. The zero-order valence-electron chi connectivity index (χ0n) is 13.7. The molecule has 3 aromatic carbocycles. The Morgan fingerprint density at radius 1 is 0.962 bits per heavy atom. The molecule has 26 heavy (non-hydrogen) atoms. The number of carbonyl (C=O) groups excluding carboxylic acids is 1. The minimum absolute atomic E-state index is 0.0546. The Kier molecular flexibility index (Phi) is 5.66. The Balaban J connectivity index is 1.95. The van der Waals surface area contributed by atoms with E-state index >= 15 is 0 Å². The SMILES string of the molecule is O=C(Nc1ccccc1)N(Cc1cc(Cl)ccc1O)c1ccccc1Cl. The number of hydrogen-bond donors (Lipinski definition) is 2. The fraction of sp³-hybridized carbons (Fsp3) is 0.0500. The van der Waals surface area contributed by atoms with Gasteiger partial charge in [0.15, 0.2) is 0 Å². The number of benzene rings is 3. The summed E-state index contributed by atoms with van der Waals surface area (Å²) in [6, 6.07) is 20.5. The van der Waals surface area contributed by atoms with Gasteiger partial charge in [-0.2, -0.15) is 0 Å². The average Bonchev–Trinajstić information content (AvgIpc) is 2.64. The van der Waals surface area contributed by atoms with Crippen molar-refractivity contribution in [3.63, 3.8) is 0 Å². The van der Waals surface area contributed by atoms with Crippen LogP contribution in [0.2, 0.25) is 10.0 Å². The lowest BCUT2D eigenvalue weighted by Gasteiger charge is -2.25. The third-order valence-electron chi connectivity index (χ3n) is 3.78. The van der Waals surface area contributed by atoms with Crippen LogP contribution in [0.5, 0.6) is 5.75 Å². The summed E-state index contributed by atoms with van der Waals surface area (Å²) >= 11 is 12.3. The van der Waals surface area contributed by atoms with Crippen molar-refractivity contribution in [3.8, 4) is 5.75 Å². The maximum absolute atomic E-state index is 12.9. The zero-order chi connectivity index (χ0) is 18.5. The first-order valence-electron chi connectivity index (χ1n) is 7.90. The Labute approximate surface area is 161 Å². The number of amides is 2. The summed E-state index contributed by atoms with van der Waals surface area (Å²) in [6.45, 7) is 0.106. The van der Waals surface area contributed by atoms with Crippen molar-refractivity contribution in [2.45, 2.75) is 6.54 Å². The van der Waals surface area contributed by atoms with Crippen molar-refractivity contribution < 1.29 is 9.90 Å². The van der Waals surface area contributed by atoms with Gasteiger partial charge in [-0.25, -0.2) is 4.79 Å². The molecule has 0 saturated heterocycles. The quantitative estimate of drug-likeness (QED) is 0.582. The molecule has 0 aliphatic heterocycles. The first-order chi connectivity index (χ1) is 12.5. The van der Waals surface area contributed by atoms with Crippen LogP contribution in [0.3, 0.4) is 0 Å². The first-order valence-corrected chi connectivity index (χ1v) is 8.65. The fourth-order valence-corrected chi connectivity index (χ4v) is 2.93. The average molecular weight is 387 g/mol. The van der Waals surface area contributed by atoms with Crippen LogP contribution in [-0.4, -0.2) is 11.1 Å². The van der Waals surface area contributed by atoms with Crippen LogP contribution in [0.4, 0.5) is 16.2 Å². The van der Waals surface area contributed by atoms with Crippen LogP contribution in [-0.2, 0) is 6.54 Å². The van der Waals surface area contributed by atoms with E-state index in [9.17, 15) is 9.90 Å². The fourth-order valence-electron chi connectivity index (χ4n) is 2.50. The molecule has 132 valence electrons. The highest BCUT2D eigenvalue weighted by molar-refractivity contribution is 6.34. The van der Waals surface area contributed by atoms with E-state index in [0.717, 1.165) is 0 Å². The zero-order valence-corrected chi connectivity index (χ0v) is 15.2. The number of aromatic hydroxyl groups is 1. The molecule has 0 spiro atoms. The van der Waals surface area contributed by atoms with E-state index < -0.39 is 0 Å². The molecule has 0 radical (unpaired) electrons. The number of para-hydroxylation sites is 2. The van der Waals surface area contributed by atoms with Crippen LogP contribution in [0.1, 0.15) is 5.56 Å². The van der Waals surface area contributed by atoms with Crippen LogP contribution in [0, 0.1) is 0 Å². The minimum atomic E-state index is -0.372. The van der Waals surface area contributed by atoms with E-state index in [1.807, 2.05) is 18.2 Å². The van der Waals surface area contributed by atoms with Crippen LogP contribution in [0.25, 0.3) is 0 Å². The van der Waals surface area contributed by atoms with E-state index in [-0.39, 0.29) is 18.3 Å². The molecule has 2 N–H and O–H groups in total. The van der Waals surface area contributed by atoms with Gasteiger partial charge < -0.3 is 10.4 Å². The molecular formula is C20H16Cl2N2O2. The topological polar surface area (TPSA) is 52.6 Å². The molecule has 0 saturated carbocycles. The second-order valence-electron chi connectivity index (χ2n) is 5.61. The van der Waals surface area contributed by atoms with Gasteiger partial charge in [-0.15, -0.1) is 0 Å². The van der Waals surface area contributed by atoms with Crippen molar-refractivity contribution in [1.29, 1.82) is 0 Å². The van der Waals surface area contributed by atoms with E-state index in [2.05, 4.69) is 5.32 Å². The van der Waals surface area contributed by atoms with E-state index in [1.54, 1.807) is 48.5 Å². The van der Waals surface area contributed by atoms with E-state index in [1.165, 1.54) is 11.0 Å². The number of halogens is 2. The molecule has 6 heteroatoms. The second-order valence-corrected chi connectivity index (χ2v) is 6.45. The molecule has 2 amide bonds. The highest BCUT2D eigenvalue weighted by Crippen LogP contribution is 2.30. The summed E-state index contributed by atoms with van der Waals surface area (Å²) in [4.78, 5) is 14.4. The predicted octanol–water partition coefficient (Wildman–Crippen LogP) is 5.94. The number of urea groups is 1. The van der Waals surface area contributed by atoms with Gasteiger partial charge in [0.2, 0.25) is 0 Å². The van der Waals surface area contributed by atoms with Gasteiger partial charge >= 0.3 is 6.03 Å². The van der Waals surface area contributed by atoms with Gasteiger partial charge in [0.25, 0.3) is 0 Å². The highest BCUT2D eigenvalue weighted by Gasteiger charge is 2.20. The molecule has 0 heterocycles. The van der Waals surface area contributed by atoms with Gasteiger partial charge in [0.1, 0.15) is 5.75 Å². The summed E-state index contributed by atoms with van der Waals surface area (Å²) in [5, 5.41) is 13.9. The molecule has 3 rings (SSSR count). The minimum Gasteiger partial charge on any atom is -0.508 e. The molecule has 0 atom stereocenters. The standard InChI is InChI=1S/C20H16Cl2N2O2/c21-15-10-11-19(25)14(12-15)13-24(18-9-5-4-8-17(18)22)20(26)23-16-6-2-1-3-7-16/h1-12,25H,13H2,(H,23,26). The van der Waals surface area contributed by atoms with Gasteiger partial charge in [-0.3, -0.25) is 4.90 Å². The molecule has 3 aromatic rings. The van der Waals surface area contributed by atoms with Crippen molar-refractivity contribution in [3.05, 3.63) is 88.4 Å². The number of carbonyl (C=O) groups is 1. The van der Waals surface area contributed by atoms with E-state index in [0.29, 0.717) is 27.0 Å². The molecule has 4 nitrogen and oxygen atoms in total. The summed E-state index contributed by atoms with van der Waals surface area (Å²) in [5.41, 5.74) is 1.70. The number of phenolic OH excluding ortho intramolecular Hbond substituents is 1. The molecular weight excluding hydrogens is 371 g/mol. The number of hydrogen-bond acceptors (Lipinski definition) is 2. The van der Waals surface area contributed by atoms with E-state index in [4.69, 9.17) is 23.2 Å². The monoisotopic (exact) mass is 386 g/mol. The number of phenols is 1. The Morgan fingerprint density at radius 2 is 1.65 bits per heavy atom. The van der Waals surface area contributed by atoms with Gasteiger partial charge in [0.05, 0.1) is 17.3 Å². The lowest BCUT2D eigenvalue weighted by atomic mass is 10.1. The maximum Gasteiger partial charge on any atom is 0.326 e. The summed E-state index contributed by atoms with van der Waals surface area (Å²) in [6.07, 6.45) is 0. The first kappa shape index (κ1) is 18.1. The van der Waals surface area contributed by atoms with Crippen LogP contribution >= 0.6 is 23.2 Å². The molecule has 0 aliphatic rings. The largest absolute Gasteiger partial charge is 0.508 e. The Hall–Kier alpha value is -2.69. The number of rotatable bonds is 4. The maximum atomic E-state index is 12.9. The van der Waals surface area contributed by atoms with Gasteiger partial charge in [0, 0.05) is 16.3 Å². The molecule has 0 aliphatic carbocycles. The van der Waals surface area contributed by atoms with Crippen molar-refractivity contribution in [2.75, 3.05) is 10.2 Å². The van der Waals surface area contributed by atoms with Gasteiger partial charge in [-0.05, 0) is 42.5 Å².